The summed E-state index contributed by atoms with van der Waals surface area (Å²) in [5.41, 5.74) is 0.0350. The first-order valence-corrected chi connectivity index (χ1v) is 13.6. The third-order valence-electron chi connectivity index (χ3n) is 6.48. The topological polar surface area (TPSA) is 133 Å². The molecule has 0 saturated heterocycles. The van der Waals surface area contributed by atoms with Crippen LogP contribution in [0.5, 0.6) is 0 Å². The number of quaternary nitrogens is 1. The summed E-state index contributed by atoms with van der Waals surface area (Å²) in [6.07, 6.45) is 13.2. The molecule has 3 rings (SSSR count). The molecular formula is C28H45N3O6. The van der Waals surface area contributed by atoms with Crippen LogP contribution >= 0.6 is 0 Å². The van der Waals surface area contributed by atoms with Gasteiger partial charge in [0.25, 0.3) is 0 Å². The van der Waals surface area contributed by atoms with Crippen LogP contribution in [0, 0.1) is 0 Å². The zero-order valence-electron chi connectivity index (χ0n) is 22.6. The Balaban J connectivity index is 0.000000308. The van der Waals surface area contributed by atoms with Gasteiger partial charge in [-0.15, -0.1) is 0 Å². The average Bonchev–Trinajstić information content (AvgIpc) is 2.86. The first kappa shape index (κ1) is 30.4. The lowest BCUT2D eigenvalue weighted by molar-refractivity contribution is -0.725. The SMILES string of the molecule is C1CCC([NH2+]C2CCCCC2)CC1.CC(C)(C)OC(=O)NCC(NC(=O)OCc1ccccc1)C(=O)[O-]. The summed E-state index contributed by atoms with van der Waals surface area (Å²) in [6, 6.07) is 9.45. The number of nitrogens with one attached hydrogen (secondary N) is 2. The first-order chi connectivity index (χ1) is 17.6. The molecular weight excluding hydrogens is 474 g/mol. The second kappa shape index (κ2) is 16.1. The molecule has 9 nitrogen and oxygen atoms in total. The minimum Gasteiger partial charge on any atom is -0.548 e. The lowest BCUT2D eigenvalue weighted by Gasteiger charge is -2.27. The van der Waals surface area contributed by atoms with Crippen molar-refractivity contribution in [3.8, 4) is 0 Å². The highest BCUT2D eigenvalue weighted by Gasteiger charge is 2.23. The van der Waals surface area contributed by atoms with Crippen molar-refractivity contribution in [2.24, 2.45) is 0 Å². The van der Waals surface area contributed by atoms with Crippen LogP contribution in [-0.4, -0.2) is 48.4 Å². The van der Waals surface area contributed by atoms with E-state index in [0.29, 0.717) is 0 Å². The average molecular weight is 520 g/mol. The van der Waals surface area contributed by atoms with Crippen LogP contribution in [0.25, 0.3) is 0 Å². The van der Waals surface area contributed by atoms with Crippen molar-refractivity contribution in [1.29, 1.82) is 0 Å². The van der Waals surface area contributed by atoms with E-state index in [-0.39, 0.29) is 6.61 Å². The number of carbonyl (C=O) groups excluding carboxylic acids is 3. The number of alkyl carbamates (subject to hydrolysis) is 2. The number of carboxylic acids is 1. The predicted octanol–water partition coefficient (Wildman–Crippen LogP) is 2.77. The van der Waals surface area contributed by atoms with Gasteiger partial charge in [-0.05, 0) is 77.7 Å². The van der Waals surface area contributed by atoms with Gasteiger partial charge in [-0.3, -0.25) is 0 Å². The molecule has 1 aromatic rings. The van der Waals surface area contributed by atoms with Crippen LogP contribution in [0.15, 0.2) is 30.3 Å². The maximum Gasteiger partial charge on any atom is 0.408 e. The number of ether oxygens (including phenoxy) is 2. The summed E-state index contributed by atoms with van der Waals surface area (Å²) in [7, 11) is 0. The Bertz CT molecular complexity index is 799. The zero-order valence-corrected chi connectivity index (χ0v) is 22.6. The zero-order chi connectivity index (χ0) is 27.1. The number of benzene rings is 1. The Kier molecular flexibility index (Phi) is 13.3. The molecule has 2 fully saturated rings. The number of hydrogen-bond donors (Lipinski definition) is 3. The molecule has 2 saturated carbocycles. The van der Waals surface area contributed by atoms with Gasteiger partial charge < -0.3 is 35.3 Å². The summed E-state index contributed by atoms with van der Waals surface area (Å²) < 4.78 is 9.88. The van der Waals surface area contributed by atoms with E-state index in [1.165, 1.54) is 64.2 Å². The van der Waals surface area contributed by atoms with E-state index in [4.69, 9.17) is 9.47 Å². The van der Waals surface area contributed by atoms with Gasteiger partial charge in [0, 0.05) is 6.54 Å². The number of rotatable bonds is 8. The summed E-state index contributed by atoms with van der Waals surface area (Å²) >= 11 is 0. The number of carboxylic acid groups (broad SMARTS) is 1. The summed E-state index contributed by atoms with van der Waals surface area (Å²) in [4.78, 5) is 34.2. The fourth-order valence-electron chi connectivity index (χ4n) is 4.64. The smallest absolute Gasteiger partial charge is 0.408 e. The van der Waals surface area contributed by atoms with Gasteiger partial charge in [0.15, 0.2) is 0 Å². The molecule has 1 unspecified atom stereocenters. The van der Waals surface area contributed by atoms with Crippen molar-refractivity contribution >= 4 is 18.2 Å². The van der Waals surface area contributed by atoms with Crippen molar-refractivity contribution in [3.63, 3.8) is 0 Å². The summed E-state index contributed by atoms with van der Waals surface area (Å²) in [5.74, 6) is -1.55. The number of aliphatic carboxylic acids is 1. The fraction of sp³-hybridized carbons (Fsp3) is 0.679. The quantitative estimate of drug-likeness (QED) is 0.484. The second-order valence-electron chi connectivity index (χ2n) is 10.9. The molecule has 9 heteroatoms. The monoisotopic (exact) mass is 519 g/mol. The van der Waals surface area contributed by atoms with Crippen molar-refractivity contribution in [2.75, 3.05) is 6.54 Å². The van der Waals surface area contributed by atoms with E-state index in [1.807, 2.05) is 6.07 Å². The van der Waals surface area contributed by atoms with Crippen LogP contribution < -0.4 is 21.1 Å². The standard InChI is InChI=1S/C16H22N2O6.C12H23N/c1-16(2,3)24-14(21)17-9-12(13(19)20)18-15(22)23-10-11-7-5-4-6-8-11;1-3-7-11(8-4-1)13-12-9-5-2-6-10-12/h4-8,12H,9-10H2,1-3H3,(H,17,21)(H,18,22)(H,19,20);11-13H,1-10H2. The lowest BCUT2D eigenvalue weighted by atomic mass is 9.91. The molecule has 1 atom stereocenters. The van der Waals surface area contributed by atoms with Crippen molar-refractivity contribution in [1.82, 2.24) is 10.6 Å². The molecule has 37 heavy (non-hydrogen) atoms. The molecule has 0 aliphatic heterocycles. The maximum absolute atomic E-state index is 11.6. The predicted molar refractivity (Wildman–Crippen MR) is 138 cm³/mol. The Labute approximate surface area is 221 Å². The molecule has 0 aromatic heterocycles. The Morgan fingerprint density at radius 2 is 1.46 bits per heavy atom. The molecule has 208 valence electrons. The molecule has 1 aromatic carbocycles. The summed E-state index contributed by atoms with van der Waals surface area (Å²) in [6.45, 7) is 4.61. The van der Waals surface area contributed by atoms with E-state index in [0.717, 1.165) is 17.6 Å². The number of hydrogen-bond acceptors (Lipinski definition) is 6. The Hall–Kier alpha value is -2.81. The van der Waals surface area contributed by atoms with E-state index >= 15 is 0 Å². The summed E-state index contributed by atoms with van der Waals surface area (Å²) in [5, 5.41) is 18.1. The molecule has 0 bridgehead atoms. The number of amides is 2. The first-order valence-electron chi connectivity index (χ1n) is 13.6. The lowest BCUT2D eigenvalue weighted by Crippen LogP contribution is -2.95. The Morgan fingerprint density at radius 1 is 0.919 bits per heavy atom. The maximum atomic E-state index is 11.6. The van der Waals surface area contributed by atoms with E-state index < -0.39 is 36.3 Å². The van der Waals surface area contributed by atoms with Gasteiger partial charge in [-0.1, -0.05) is 43.2 Å². The van der Waals surface area contributed by atoms with Gasteiger partial charge in [0.1, 0.15) is 12.2 Å². The van der Waals surface area contributed by atoms with Gasteiger partial charge in [0.2, 0.25) is 0 Å². The number of carbonyl (C=O) groups is 3. The van der Waals surface area contributed by atoms with E-state index in [1.54, 1.807) is 45.0 Å². The molecule has 0 spiro atoms. The molecule has 2 amide bonds. The third-order valence-corrected chi connectivity index (χ3v) is 6.48. The Morgan fingerprint density at radius 3 is 1.95 bits per heavy atom. The minimum atomic E-state index is -1.55. The van der Waals surface area contributed by atoms with Crippen molar-refractivity contribution in [2.45, 2.75) is 115 Å². The van der Waals surface area contributed by atoms with Crippen LogP contribution in [0.4, 0.5) is 9.59 Å². The van der Waals surface area contributed by atoms with Gasteiger partial charge in [0.05, 0.1) is 24.1 Å². The highest BCUT2D eigenvalue weighted by molar-refractivity contribution is 5.79. The number of nitrogens with two attached hydrogens (primary N) is 1. The normalized spacial score (nSPS) is 17.5. The third kappa shape index (κ3) is 13.9. The molecule has 0 heterocycles. The molecule has 4 N–H and O–H groups in total. The van der Waals surface area contributed by atoms with Gasteiger partial charge >= 0.3 is 12.2 Å². The second-order valence-corrected chi connectivity index (χ2v) is 10.9. The minimum absolute atomic E-state index is 0.00800. The van der Waals surface area contributed by atoms with Crippen LogP contribution in [0.1, 0.15) is 90.5 Å². The van der Waals surface area contributed by atoms with Crippen LogP contribution in [-0.2, 0) is 20.9 Å². The van der Waals surface area contributed by atoms with Gasteiger partial charge in [-0.2, -0.15) is 0 Å². The molecule has 2 aliphatic rings. The van der Waals surface area contributed by atoms with E-state index in [9.17, 15) is 19.5 Å². The van der Waals surface area contributed by atoms with Crippen LogP contribution in [0.2, 0.25) is 0 Å². The fourth-order valence-corrected chi connectivity index (χ4v) is 4.64. The van der Waals surface area contributed by atoms with Crippen LogP contribution in [0.3, 0.4) is 0 Å². The highest BCUT2D eigenvalue weighted by atomic mass is 16.6. The highest BCUT2D eigenvalue weighted by Crippen LogP contribution is 2.18. The van der Waals surface area contributed by atoms with Crippen molar-refractivity contribution < 1.29 is 34.3 Å². The molecule has 2 aliphatic carbocycles. The largest absolute Gasteiger partial charge is 0.548 e. The van der Waals surface area contributed by atoms with Crippen molar-refractivity contribution in [3.05, 3.63) is 35.9 Å². The molecule has 0 radical (unpaired) electrons. The van der Waals surface area contributed by atoms with E-state index in [2.05, 4.69) is 16.0 Å². The van der Waals surface area contributed by atoms with Gasteiger partial charge in [-0.25, -0.2) is 9.59 Å².